The van der Waals surface area contributed by atoms with E-state index in [4.69, 9.17) is 4.74 Å². The minimum absolute atomic E-state index is 0.0861. The molecule has 7 nitrogen and oxygen atoms in total. The van der Waals surface area contributed by atoms with Crippen molar-refractivity contribution in [3.63, 3.8) is 0 Å². The van der Waals surface area contributed by atoms with Crippen LogP contribution in [0.3, 0.4) is 0 Å². The fraction of sp³-hybridized carbons (Fsp3) is 0.125. The average Bonchev–Trinajstić information content (AvgIpc) is 3.48. The molecule has 1 atom stereocenters. The van der Waals surface area contributed by atoms with Gasteiger partial charge in [-0.3, -0.25) is 0 Å². The molecule has 0 unspecified atom stereocenters. The van der Waals surface area contributed by atoms with Gasteiger partial charge >= 0.3 is 0 Å². The van der Waals surface area contributed by atoms with Crippen LogP contribution in [0.1, 0.15) is 17.0 Å². The Bertz CT molecular complexity index is 1280. The predicted octanol–water partition coefficient (Wildman–Crippen LogP) is 4.40. The standard InChI is InChI=1S/C24H22N6O/c1-31-19-13-11-17(12-14-19)21(22-16-25-23-10-6-5-9-20(22)23)15-26-24-27-28-29-30(24)18-7-3-2-4-8-18/h2-14,16,21,25H,15H2,1H3,(H,26,27,29)/t21-/m1/s1. The Labute approximate surface area is 179 Å². The largest absolute Gasteiger partial charge is 0.497 e. The lowest BCUT2D eigenvalue weighted by atomic mass is 9.91. The lowest BCUT2D eigenvalue weighted by Gasteiger charge is -2.19. The first-order valence-corrected chi connectivity index (χ1v) is 10.1. The number of aromatic nitrogens is 5. The zero-order chi connectivity index (χ0) is 21.0. The summed E-state index contributed by atoms with van der Waals surface area (Å²) in [7, 11) is 1.68. The zero-order valence-electron chi connectivity index (χ0n) is 17.1. The van der Waals surface area contributed by atoms with E-state index in [1.807, 2.05) is 48.5 Å². The summed E-state index contributed by atoms with van der Waals surface area (Å²) in [5.41, 5.74) is 4.41. The van der Waals surface area contributed by atoms with E-state index in [0.29, 0.717) is 12.5 Å². The van der Waals surface area contributed by atoms with Crippen molar-refractivity contribution in [1.29, 1.82) is 0 Å². The van der Waals surface area contributed by atoms with Gasteiger partial charge in [0, 0.05) is 29.6 Å². The van der Waals surface area contributed by atoms with Crippen molar-refractivity contribution >= 4 is 16.9 Å². The molecule has 31 heavy (non-hydrogen) atoms. The maximum absolute atomic E-state index is 5.34. The summed E-state index contributed by atoms with van der Waals surface area (Å²) >= 11 is 0. The highest BCUT2D eigenvalue weighted by Crippen LogP contribution is 2.32. The van der Waals surface area contributed by atoms with E-state index < -0.39 is 0 Å². The van der Waals surface area contributed by atoms with E-state index in [9.17, 15) is 0 Å². The van der Waals surface area contributed by atoms with Gasteiger partial charge in [-0.25, -0.2) is 0 Å². The summed E-state index contributed by atoms with van der Waals surface area (Å²) in [6, 6.07) is 26.4. The van der Waals surface area contributed by atoms with E-state index in [-0.39, 0.29) is 5.92 Å². The topological polar surface area (TPSA) is 80.7 Å². The number of nitrogens with zero attached hydrogens (tertiary/aromatic N) is 4. The molecule has 0 radical (unpaired) electrons. The molecule has 154 valence electrons. The molecule has 7 heteroatoms. The number of methoxy groups -OCH3 is 1. The van der Waals surface area contributed by atoms with Crippen LogP contribution < -0.4 is 10.1 Å². The lowest BCUT2D eigenvalue weighted by molar-refractivity contribution is 0.414. The number of fused-ring (bicyclic) bond motifs is 1. The number of hydrogen-bond donors (Lipinski definition) is 2. The summed E-state index contributed by atoms with van der Waals surface area (Å²) in [6.45, 7) is 0.626. The van der Waals surface area contributed by atoms with Gasteiger partial charge in [-0.15, -0.1) is 0 Å². The fourth-order valence-electron chi connectivity index (χ4n) is 3.86. The van der Waals surface area contributed by atoms with Crippen LogP contribution in [0.5, 0.6) is 5.75 Å². The number of benzene rings is 3. The molecule has 0 fully saturated rings. The molecule has 0 amide bonds. The quantitative estimate of drug-likeness (QED) is 0.416. The molecule has 0 aliphatic carbocycles. The maximum Gasteiger partial charge on any atom is 0.247 e. The highest BCUT2D eigenvalue weighted by atomic mass is 16.5. The van der Waals surface area contributed by atoms with Gasteiger partial charge < -0.3 is 15.0 Å². The Hall–Kier alpha value is -4.13. The third kappa shape index (κ3) is 3.73. The number of para-hydroxylation sites is 2. The summed E-state index contributed by atoms with van der Waals surface area (Å²) < 4.78 is 7.05. The molecule has 0 saturated carbocycles. The van der Waals surface area contributed by atoms with Crippen molar-refractivity contribution in [1.82, 2.24) is 25.2 Å². The van der Waals surface area contributed by atoms with Gasteiger partial charge in [-0.1, -0.05) is 53.6 Å². The maximum atomic E-state index is 5.34. The SMILES string of the molecule is COc1ccc([C@@H](CNc2nnnn2-c2ccccc2)c2c[nH]c3ccccc23)cc1. The van der Waals surface area contributed by atoms with Crippen LogP contribution in [0.15, 0.2) is 85.1 Å². The summed E-state index contributed by atoms with van der Waals surface area (Å²) in [5, 5.41) is 16.9. The first-order valence-electron chi connectivity index (χ1n) is 10.1. The molecule has 2 N–H and O–H groups in total. The summed E-state index contributed by atoms with van der Waals surface area (Å²) in [6.07, 6.45) is 2.08. The third-order valence-electron chi connectivity index (χ3n) is 5.45. The van der Waals surface area contributed by atoms with Gasteiger partial charge in [0.15, 0.2) is 0 Å². The molecule has 3 aromatic carbocycles. The number of H-pyrrole nitrogens is 1. The molecule has 0 aliphatic rings. The Morgan fingerprint density at radius 3 is 2.55 bits per heavy atom. The van der Waals surface area contributed by atoms with Crippen molar-refractivity contribution in [3.8, 4) is 11.4 Å². The molecule has 5 rings (SSSR count). The van der Waals surface area contributed by atoms with Gasteiger partial charge in [0.25, 0.3) is 0 Å². The van der Waals surface area contributed by atoms with Crippen LogP contribution >= 0.6 is 0 Å². The van der Waals surface area contributed by atoms with Crippen LogP contribution in [0.4, 0.5) is 5.95 Å². The third-order valence-corrected chi connectivity index (χ3v) is 5.45. The second-order valence-corrected chi connectivity index (χ2v) is 7.25. The van der Waals surface area contributed by atoms with Gasteiger partial charge in [0.2, 0.25) is 5.95 Å². The number of nitrogens with one attached hydrogen (secondary N) is 2. The fourth-order valence-corrected chi connectivity index (χ4v) is 3.86. The van der Waals surface area contributed by atoms with E-state index in [1.165, 1.54) is 16.5 Å². The number of tetrazole rings is 1. The van der Waals surface area contributed by atoms with Gasteiger partial charge in [0.05, 0.1) is 12.8 Å². The van der Waals surface area contributed by atoms with Gasteiger partial charge in [-0.05, 0) is 51.9 Å². The molecule has 0 spiro atoms. The van der Waals surface area contributed by atoms with Crippen molar-refractivity contribution in [2.75, 3.05) is 19.0 Å². The lowest BCUT2D eigenvalue weighted by Crippen LogP contribution is -2.16. The molecule has 2 aromatic heterocycles. The van der Waals surface area contributed by atoms with Crippen molar-refractivity contribution in [2.45, 2.75) is 5.92 Å². The smallest absolute Gasteiger partial charge is 0.247 e. The van der Waals surface area contributed by atoms with E-state index in [2.05, 4.69) is 62.4 Å². The van der Waals surface area contributed by atoms with Crippen LogP contribution in [-0.2, 0) is 0 Å². The Balaban J connectivity index is 1.49. The minimum Gasteiger partial charge on any atom is -0.497 e. The molecule has 5 aromatic rings. The van der Waals surface area contributed by atoms with Crippen LogP contribution in [-0.4, -0.2) is 38.8 Å². The molecular formula is C24H22N6O. The van der Waals surface area contributed by atoms with E-state index in [0.717, 1.165) is 17.0 Å². The van der Waals surface area contributed by atoms with Crippen LogP contribution in [0, 0.1) is 0 Å². The Kier molecular flexibility index (Phi) is 5.06. The van der Waals surface area contributed by atoms with E-state index in [1.54, 1.807) is 11.8 Å². The zero-order valence-corrected chi connectivity index (χ0v) is 17.1. The molecule has 0 aliphatic heterocycles. The van der Waals surface area contributed by atoms with Crippen LogP contribution in [0.25, 0.3) is 16.6 Å². The highest BCUT2D eigenvalue weighted by molar-refractivity contribution is 5.84. The second kappa shape index (κ2) is 8.31. The first kappa shape index (κ1) is 18.9. The number of rotatable bonds is 7. The van der Waals surface area contributed by atoms with Gasteiger partial charge in [-0.2, -0.15) is 4.68 Å². The predicted molar refractivity (Wildman–Crippen MR) is 121 cm³/mol. The number of hydrogen-bond acceptors (Lipinski definition) is 5. The molecule has 2 heterocycles. The Morgan fingerprint density at radius 1 is 0.968 bits per heavy atom. The second-order valence-electron chi connectivity index (χ2n) is 7.25. The van der Waals surface area contributed by atoms with Crippen molar-refractivity contribution in [2.24, 2.45) is 0 Å². The van der Waals surface area contributed by atoms with Crippen molar-refractivity contribution in [3.05, 3.63) is 96.2 Å². The molecular weight excluding hydrogens is 388 g/mol. The number of anilines is 1. The summed E-state index contributed by atoms with van der Waals surface area (Å²) in [5.74, 6) is 1.52. The van der Waals surface area contributed by atoms with Crippen LogP contribution in [0.2, 0.25) is 0 Å². The first-order chi connectivity index (χ1) is 15.3. The monoisotopic (exact) mass is 410 g/mol. The average molecular weight is 410 g/mol. The Morgan fingerprint density at radius 2 is 1.74 bits per heavy atom. The minimum atomic E-state index is 0.0861. The highest BCUT2D eigenvalue weighted by Gasteiger charge is 2.20. The summed E-state index contributed by atoms with van der Waals surface area (Å²) in [4.78, 5) is 3.39. The van der Waals surface area contributed by atoms with Crippen molar-refractivity contribution < 1.29 is 4.74 Å². The molecule has 0 saturated heterocycles. The molecule has 0 bridgehead atoms. The van der Waals surface area contributed by atoms with Gasteiger partial charge in [0.1, 0.15) is 5.75 Å². The van der Waals surface area contributed by atoms with E-state index >= 15 is 0 Å². The number of ether oxygens (including phenoxy) is 1. The normalized spacial score (nSPS) is 12.0. The number of aromatic amines is 1.